The van der Waals surface area contributed by atoms with Crippen molar-refractivity contribution in [1.29, 1.82) is 0 Å². The number of rotatable bonds is 5. The monoisotopic (exact) mass is 381 g/mol. The molecular weight excluding hydrogens is 354 g/mol. The van der Waals surface area contributed by atoms with Crippen molar-refractivity contribution in [3.8, 4) is 0 Å². The molecule has 2 amide bonds. The summed E-state index contributed by atoms with van der Waals surface area (Å²) in [5.74, 6) is 3.11. The summed E-state index contributed by atoms with van der Waals surface area (Å²) in [5.41, 5.74) is 1.43. The van der Waals surface area contributed by atoms with E-state index in [0.29, 0.717) is 24.1 Å². The van der Waals surface area contributed by atoms with Gasteiger partial charge in [0.25, 0.3) is 0 Å². The van der Waals surface area contributed by atoms with Crippen LogP contribution in [0.15, 0.2) is 40.8 Å². The Hall–Kier alpha value is -2.60. The van der Waals surface area contributed by atoms with Crippen LogP contribution in [0.5, 0.6) is 0 Å². The van der Waals surface area contributed by atoms with E-state index in [9.17, 15) is 9.59 Å². The number of nitrogens with one attached hydrogen (secondary N) is 1. The highest BCUT2D eigenvalue weighted by Crippen LogP contribution is 2.47. The van der Waals surface area contributed by atoms with Crippen molar-refractivity contribution < 1.29 is 14.0 Å². The normalized spacial score (nSPS) is 23.9. The number of benzene rings is 1. The second-order valence-electron chi connectivity index (χ2n) is 8.18. The van der Waals surface area contributed by atoms with Gasteiger partial charge in [0, 0.05) is 18.4 Å². The first kappa shape index (κ1) is 18.7. The number of carbonyl (C=O) groups excluding carboxylic acids is 2. The molecule has 1 aliphatic heterocycles. The number of carbonyl (C=O) groups is 2. The van der Waals surface area contributed by atoms with Gasteiger partial charge in [-0.3, -0.25) is 14.5 Å². The Labute approximate surface area is 165 Å². The summed E-state index contributed by atoms with van der Waals surface area (Å²) < 4.78 is 5.97. The molecule has 148 valence electrons. The van der Waals surface area contributed by atoms with E-state index in [0.717, 1.165) is 17.2 Å². The predicted molar refractivity (Wildman–Crippen MR) is 108 cm³/mol. The summed E-state index contributed by atoms with van der Waals surface area (Å²) in [6.45, 7) is 4.98. The topological polar surface area (TPSA) is 65.8 Å². The van der Waals surface area contributed by atoms with Gasteiger partial charge in [-0.2, -0.15) is 0 Å². The highest BCUT2D eigenvalue weighted by molar-refractivity contribution is 6.04. The summed E-state index contributed by atoms with van der Waals surface area (Å²) in [7, 11) is 1.91. The fraction of sp³-hybridized carbons (Fsp3) is 0.455. The van der Waals surface area contributed by atoms with Crippen LogP contribution < -0.4 is 10.2 Å². The lowest BCUT2D eigenvalue weighted by Crippen LogP contribution is -2.44. The quantitative estimate of drug-likeness (QED) is 0.859. The van der Waals surface area contributed by atoms with Crippen LogP contribution in [0.1, 0.15) is 44.1 Å². The Balaban J connectivity index is 1.44. The summed E-state index contributed by atoms with van der Waals surface area (Å²) in [6, 6.07) is 11.3. The minimum absolute atomic E-state index is 0.0263. The molecule has 1 N–H and O–H groups in total. The molecule has 2 heterocycles. The van der Waals surface area contributed by atoms with Gasteiger partial charge in [-0.15, -0.1) is 0 Å². The van der Waals surface area contributed by atoms with Crippen LogP contribution in [0.2, 0.25) is 0 Å². The number of para-hydroxylation sites is 2. The van der Waals surface area contributed by atoms with Crippen molar-refractivity contribution in [1.82, 2.24) is 4.90 Å². The fourth-order valence-corrected chi connectivity index (χ4v) is 3.99. The lowest BCUT2D eigenvalue weighted by atomic mass is 10.1. The van der Waals surface area contributed by atoms with Crippen LogP contribution in [-0.2, 0) is 16.1 Å². The van der Waals surface area contributed by atoms with Crippen molar-refractivity contribution in [3.05, 3.63) is 47.9 Å². The zero-order valence-corrected chi connectivity index (χ0v) is 16.6. The lowest BCUT2D eigenvalue weighted by molar-refractivity contribution is -0.120. The van der Waals surface area contributed by atoms with E-state index in [-0.39, 0.29) is 30.8 Å². The molecule has 2 aromatic rings. The highest BCUT2D eigenvalue weighted by Gasteiger charge is 2.36. The van der Waals surface area contributed by atoms with Gasteiger partial charge >= 0.3 is 0 Å². The van der Waals surface area contributed by atoms with E-state index < -0.39 is 0 Å². The number of anilines is 2. The third-order valence-corrected chi connectivity index (χ3v) is 5.62. The Morgan fingerprint density at radius 1 is 1.25 bits per heavy atom. The van der Waals surface area contributed by atoms with Gasteiger partial charge in [0.05, 0.1) is 24.5 Å². The summed E-state index contributed by atoms with van der Waals surface area (Å²) in [4.78, 5) is 28.9. The molecule has 1 aliphatic carbocycles. The van der Waals surface area contributed by atoms with Gasteiger partial charge in [-0.05, 0) is 50.6 Å². The molecule has 28 heavy (non-hydrogen) atoms. The third kappa shape index (κ3) is 3.83. The van der Waals surface area contributed by atoms with Crippen LogP contribution >= 0.6 is 0 Å². The standard InChI is InChI=1S/C22H27N3O3/c1-14-10-17(14)20-9-8-16(28-20)12-24(3)13-22(27)25-15(2)11-21(26)23-18-6-4-5-7-19(18)25/h4-9,14-15,17H,10-13H2,1-3H3,(H,23,26)/t14-,15-,17-/m1/s1. The molecular formula is C22H27N3O3. The smallest absolute Gasteiger partial charge is 0.241 e. The Morgan fingerprint density at radius 2 is 2.00 bits per heavy atom. The fourth-order valence-electron chi connectivity index (χ4n) is 3.99. The maximum absolute atomic E-state index is 13.1. The number of hydrogen-bond donors (Lipinski definition) is 1. The molecule has 0 saturated heterocycles. The van der Waals surface area contributed by atoms with Gasteiger partial charge in [0.2, 0.25) is 11.8 Å². The zero-order chi connectivity index (χ0) is 19.8. The minimum Gasteiger partial charge on any atom is -0.464 e. The van der Waals surface area contributed by atoms with E-state index in [1.165, 1.54) is 6.42 Å². The van der Waals surface area contributed by atoms with Gasteiger partial charge in [0.15, 0.2) is 0 Å². The number of amides is 2. The first-order valence-electron chi connectivity index (χ1n) is 9.90. The summed E-state index contributed by atoms with van der Waals surface area (Å²) in [5, 5.41) is 2.89. The SMILES string of the molecule is C[C@@H]1C[C@H]1c1ccc(CN(C)CC(=O)N2c3ccccc3NC(=O)C[C@H]2C)o1. The van der Waals surface area contributed by atoms with Crippen LogP contribution in [0.4, 0.5) is 11.4 Å². The Bertz CT molecular complexity index is 891. The van der Waals surface area contributed by atoms with E-state index in [1.54, 1.807) is 4.90 Å². The van der Waals surface area contributed by atoms with Crippen molar-refractivity contribution in [2.45, 2.75) is 45.2 Å². The molecule has 0 radical (unpaired) electrons. The van der Waals surface area contributed by atoms with Gasteiger partial charge < -0.3 is 14.6 Å². The maximum atomic E-state index is 13.1. The largest absolute Gasteiger partial charge is 0.464 e. The van der Waals surface area contributed by atoms with Gasteiger partial charge in [-0.25, -0.2) is 0 Å². The number of fused-ring (bicyclic) bond motifs is 1. The van der Waals surface area contributed by atoms with Crippen LogP contribution in [0.3, 0.4) is 0 Å². The van der Waals surface area contributed by atoms with Crippen molar-refractivity contribution in [3.63, 3.8) is 0 Å². The molecule has 6 heteroatoms. The molecule has 6 nitrogen and oxygen atoms in total. The number of furan rings is 1. The lowest BCUT2D eigenvalue weighted by Gasteiger charge is -2.29. The van der Waals surface area contributed by atoms with Crippen LogP contribution in [0, 0.1) is 5.92 Å². The average Bonchev–Trinajstić information content (AvgIpc) is 3.21. The summed E-state index contributed by atoms with van der Waals surface area (Å²) in [6.07, 6.45) is 1.48. The molecule has 0 bridgehead atoms. The second kappa shape index (κ2) is 7.43. The van der Waals surface area contributed by atoms with E-state index >= 15 is 0 Å². The van der Waals surface area contributed by atoms with Crippen molar-refractivity contribution in [2.24, 2.45) is 5.92 Å². The molecule has 1 fully saturated rings. The minimum atomic E-state index is -0.198. The first-order valence-corrected chi connectivity index (χ1v) is 9.90. The molecule has 4 rings (SSSR count). The van der Waals surface area contributed by atoms with E-state index in [4.69, 9.17) is 4.42 Å². The Kier molecular flexibility index (Phi) is 4.98. The maximum Gasteiger partial charge on any atom is 0.241 e. The van der Waals surface area contributed by atoms with Crippen molar-refractivity contribution in [2.75, 3.05) is 23.8 Å². The van der Waals surface area contributed by atoms with Crippen LogP contribution in [0.25, 0.3) is 0 Å². The molecule has 2 aliphatic rings. The second-order valence-corrected chi connectivity index (χ2v) is 8.18. The van der Waals surface area contributed by atoms with Crippen molar-refractivity contribution >= 4 is 23.2 Å². The average molecular weight is 381 g/mol. The van der Waals surface area contributed by atoms with E-state index in [1.807, 2.05) is 49.2 Å². The third-order valence-electron chi connectivity index (χ3n) is 5.62. The number of likely N-dealkylation sites (N-methyl/N-ethyl adjacent to an activating group) is 1. The van der Waals surface area contributed by atoms with Gasteiger partial charge in [-0.1, -0.05) is 19.1 Å². The molecule has 1 saturated carbocycles. The summed E-state index contributed by atoms with van der Waals surface area (Å²) >= 11 is 0. The van der Waals surface area contributed by atoms with Crippen LogP contribution in [-0.4, -0.2) is 36.3 Å². The number of hydrogen-bond acceptors (Lipinski definition) is 4. The molecule has 1 aromatic heterocycles. The van der Waals surface area contributed by atoms with E-state index in [2.05, 4.69) is 18.3 Å². The highest BCUT2D eigenvalue weighted by atomic mass is 16.3. The molecule has 0 spiro atoms. The zero-order valence-electron chi connectivity index (χ0n) is 16.6. The number of nitrogens with zero attached hydrogens (tertiary/aromatic N) is 2. The molecule has 1 aromatic carbocycles. The predicted octanol–water partition coefficient (Wildman–Crippen LogP) is 3.60. The van der Waals surface area contributed by atoms with Gasteiger partial charge in [0.1, 0.15) is 11.5 Å². The Morgan fingerprint density at radius 3 is 2.75 bits per heavy atom. The molecule has 0 unspecified atom stereocenters. The first-order chi connectivity index (χ1) is 13.4. The molecule has 3 atom stereocenters.